The summed E-state index contributed by atoms with van der Waals surface area (Å²) in [4.78, 5) is 26.0. The quantitative estimate of drug-likeness (QED) is 0.163. The lowest BCUT2D eigenvalue weighted by Crippen LogP contribution is -2.66. The summed E-state index contributed by atoms with van der Waals surface area (Å²) in [5.41, 5.74) is 0.796. The van der Waals surface area contributed by atoms with E-state index in [1.165, 1.54) is 24.8 Å². The van der Waals surface area contributed by atoms with Gasteiger partial charge in [-0.25, -0.2) is 4.79 Å². The van der Waals surface area contributed by atoms with Gasteiger partial charge in [-0.2, -0.15) is 0 Å². The number of aliphatic carboxylic acids is 1. The summed E-state index contributed by atoms with van der Waals surface area (Å²) in [6, 6.07) is 4.88. The number of aromatic hydroxyl groups is 1. The highest BCUT2D eigenvalue weighted by molar-refractivity contribution is 5.87. The van der Waals surface area contributed by atoms with E-state index in [-0.39, 0.29) is 40.4 Å². The van der Waals surface area contributed by atoms with Gasteiger partial charge in [0, 0.05) is 11.5 Å². The van der Waals surface area contributed by atoms with Gasteiger partial charge in [0.25, 0.3) is 0 Å². The van der Waals surface area contributed by atoms with Gasteiger partial charge in [-0.1, -0.05) is 59.3 Å². The predicted molar refractivity (Wildman–Crippen MR) is 182 cm³/mol. The van der Waals surface area contributed by atoms with E-state index in [4.69, 9.17) is 9.47 Å². The van der Waals surface area contributed by atoms with Crippen LogP contribution in [0.15, 0.2) is 35.9 Å². The number of phenols is 1. The molecule has 11 atom stereocenters. The Morgan fingerprint density at radius 1 is 0.979 bits per heavy atom. The highest BCUT2D eigenvalue weighted by Crippen LogP contribution is 2.75. The maximum Gasteiger partial charge on any atom is 0.330 e. The lowest BCUT2D eigenvalue weighted by atomic mass is 9.33. The number of methoxy groups -OCH3 is 1. The highest BCUT2D eigenvalue weighted by atomic mass is 16.5. The summed E-state index contributed by atoms with van der Waals surface area (Å²) < 4.78 is 11.1. The van der Waals surface area contributed by atoms with Crippen LogP contribution in [0.25, 0.3) is 6.08 Å². The van der Waals surface area contributed by atoms with Gasteiger partial charge in [-0.05, 0) is 127 Å². The van der Waals surface area contributed by atoms with E-state index in [1.54, 1.807) is 18.2 Å². The summed E-state index contributed by atoms with van der Waals surface area (Å²) >= 11 is 0. The van der Waals surface area contributed by atoms with Crippen molar-refractivity contribution in [2.45, 2.75) is 105 Å². The van der Waals surface area contributed by atoms with Gasteiger partial charge in [-0.3, -0.25) is 4.79 Å². The van der Waals surface area contributed by atoms with Crippen LogP contribution in [0.2, 0.25) is 0 Å². The number of allylic oxidation sites excluding steroid dienone is 2. The minimum absolute atomic E-state index is 0.0151. The molecule has 0 amide bonds. The molecule has 0 unspecified atom stereocenters. The van der Waals surface area contributed by atoms with E-state index in [2.05, 4.69) is 47.6 Å². The van der Waals surface area contributed by atoms with Crippen molar-refractivity contribution in [1.29, 1.82) is 0 Å². The van der Waals surface area contributed by atoms with Gasteiger partial charge in [0.15, 0.2) is 11.5 Å². The first kappa shape index (κ1) is 34.1. The predicted octanol–water partition coefficient (Wildman–Crippen LogP) is 8.04. The number of hydrogen-bond donors (Lipinski definition) is 3. The van der Waals surface area contributed by atoms with Gasteiger partial charge in [0.2, 0.25) is 0 Å². The van der Waals surface area contributed by atoms with Crippen molar-refractivity contribution in [3.05, 3.63) is 41.5 Å². The number of carbonyl (C=O) groups is 2. The van der Waals surface area contributed by atoms with E-state index in [9.17, 15) is 24.9 Å². The van der Waals surface area contributed by atoms with Crippen LogP contribution in [-0.4, -0.2) is 47.1 Å². The van der Waals surface area contributed by atoms with Gasteiger partial charge >= 0.3 is 11.9 Å². The summed E-state index contributed by atoms with van der Waals surface area (Å²) in [7, 11) is 1.48. The first-order valence-corrected chi connectivity index (χ1v) is 17.9. The smallest absolute Gasteiger partial charge is 0.330 e. The van der Waals surface area contributed by atoms with E-state index >= 15 is 0 Å². The number of aliphatic hydroxyl groups excluding tert-OH is 1. The Kier molecular flexibility index (Phi) is 8.46. The maximum absolute atomic E-state index is 13.0. The molecule has 0 heterocycles. The van der Waals surface area contributed by atoms with Crippen molar-refractivity contribution in [1.82, 2.24) is 0 Å². The Hall–Kier alpha value is -2.80. The van der Waals surface area contributed by atoms with E-state index in [0.29, 0.717) is 35.5 Å². The van der Waals surface area contributed by atoms with Crippen LogP contribution in [0, 0.1) is 56.7 Å². The second-order valence-electron chi connectivity index (χ2n) is 17.0. The number of esters is 1. The second-order valence-corrected chi connectivity index (χ2v) is 17.0. The Balaban J connectivity index is 1.26. The van der Waals surface area contributed by atoms with Gasteiger partial charge in [-0.15, -0.1) is 0 Å². The van der Waals surface area contributed by atoms with Crippen molar-refractivity contribution in [3.63, 3.8) is 0 Å². The maximum atomic E-state index is 13.0. The van der Waals surface area contributed by atoms with Crippen molar-refractivity contribution in [3.8, 4) is 11.5 Å². The molecule has 0 radical (unpaired) electrons. The molecule has 4 saturated carbocycles. The number of carboxylic acid groups (broad SMARTS) is 1. The zero-order valence-corrected chi connectivity index (χ0v) is 29.5. The summed E-state index contributed by atoms with van der Waals surface area (Å²) in [5.74, 6) is 0.811. The summed E-state index contributed by atoms with van der Waals surface area (Å²) in [6.07, 6.45) is 12.9. The largest absolute Gasteiger partial charge is 0.504 e. The first-order valence-electron chi connectivity index (χ1n) is 17.9. The third kappa shape index (κ3) is 4.91. The molecule has 1 aromatic carbocycles. The topological polar surface area (TPSA) is 113 Å². The normalized spacial score (nSPS) is 44.3. The van der Waals surface area contributed by atoms with Crippen LogP contribution in [0.3, 0.4) is 0 Å². The fraction of sp³-hybridized carbons (Fsp3) is 0.700. The minimum atomic E-state index is -0.651. The summed E-state index contributed by atoms with van der Waals surface area (Å²) in [6.45, 7) is 14.3. The third-order valence-electron chi connectivity index (χ3n) is 15.3. The number of rotatable bonds is 6. The number of aliphatic hydroxyl groups is 1. The average Bonchev–Trinajstić information content (AvgIpc) is 3.03. The van der Waals surface area contributed by atoms with Crippen molar-refractivity contribution >= 4 is 18.0 Å². The fourth-order valence-corrected chi connectivity index (χ4v) is 12.1. The van der Waals surface area contributed by atoms with Gasteiger partial charge in [0.05, 0.1) is 25.2 Å². The molecule has 6 rings (SSSR count). The second kappa shape index (κ2) is 11.7. The molecule has 47 heavy (non-hydrogen) atoms. The molecule has 1 aromatic rings. The van der Waals surface area contributed by atoms with Crippen LogP contribution in [0.1, 0.15) is 105 Å². The van der Waals surface area contributed by atoms with Gasteiger partial charge in [0.1, 0.15) is 0 Å². The molecule has 3 N–H and O–H groups in total. The molecule has 7 nitrogen and oxygen atoms in total. The van der Waals surface area contributed by atoms with Crippen molar-refractivity contribution in [2.24, 2.45) is 56.7 Å². The number of fused-ring (bicyclic) bond motifs is 7. The van der Waals surface area contributed by atoms with Crippen molar-refractivity contribution < 1.29 is 34.4 Å². The molecule has 4 fully saturated rings. The molecule has 0 spiro atoms. The number of hydrogen-bond acceptors (Lipinski definition) is 6. The van der Waals surface area contributed by atoms with Gasteiger partial charge < -0.3 is 24.8 Å². The molecule has 258 valence electrons. The minimum Gasteiger partial charge on any atom is -0.504 e. The van der Waals surface area contributed by atoms with E-state index in [0.717, 1.165) is 51.4 Å². The third-order valence-corrected chi connectivity index (χ3v) is 15.3. The average molecular weight is 649 g/mol. The lowest BCUT2D eigenvalue weighted by molar-refractivity contribution is -0.220. The van der Waals surface area contributed by atoms with Crippen LogP contribution >= 0.6 is 0 Å². The number of ether oxygens (including phenoxy) is 2. The zero-order valence-electron chi connectivity index (χ0n) is 29.5. The molecule has 0 aromatic heterocycles. The molecular formula is C40H56O7. The monoisotopic (exact) mass is 648 g/mol. The number of phenolic OH excluding ortho intramolecular Hbond substituents is 1. The molecular weight excluding hydrogens is 592 g/mol. The van der Waals surface area contributed by atoms with Crippen LogP contribution in [0.5, 0.6) is 11.5 Å². The van der Waals surface area contributed by atoms with Crippen LogP contribution in [-0.2, 0) is 14.3 Å². The lowest BCUT2D eigenvalue weighted by Gasteiger charge is -2.71. The Morgan fingerprint density at radius 2 is 1.72 bits per heavy atom. The Labute approximate surface area is 280 Å². The summed E-state index contributed by atoms with van der Waals surface area (Å²) in [5, 5.41) is 32.1. The number of carboxylic acids is 1. The molecule has 0 bridgehead atoms. The molecule has 5 aliphatic rings. The standard InChI is InChI=1S/C40H56O7/c1-24-14-19-40(35(44)45)21-20-38(5)27(34(40)25(24)2)10-12-31-36(3)17-16-32(42)37(4,30(36)15-18-39(31,38)6)23-47-33(43)13-9-26-8-11-28(41)29(22-26)46-7/h8-11,13,22,24-25,30-32,34,41-42H,12,14-21,23H2,1-7H3,(H,44,45)/b13-9+/t24-,25+,30-,31-,32+,34+,36+,37-,38-,39-,40+/m1/s1. The Morgan fingerprint density at radius 3 is 2.43 bits per heavy atom. The van der Waals surface area contributed by atoms with E-state index < -0.39 is 28.9 Å². The molecule has 5 aliphatic carbocycles. The molecule has 0 saturated heterocycles. The SMILES string of the molecule is COc1cc(/C=C/C(=O)OC[C@]2(C)[C@@H]3CC[C@]4(C)[C@H](CC=C5[C@@H]6[C@@H](C)[C@H](C)CC[C@]6(C(=O)O)CC[C@]54C)[C@@]3(C)CC[C@@H]2O)ccc1O. The highest BCUT2D eigenvalue weighted by Gasteiger charge is 2.70. The first-order chi connectivity index (χ1) is 22.1. The van der Waals surface area contributed by atoms with E-state index in [1.807, 2.05) is 0 Å². The molecule has 7 heteroatoms. The number of carbonyl (C=O) groups excluding carboxylic acids is 1. The van der Waals surface area contributed by atoms with Crippen molar-refractivity contribution in [2.75, 3.05) is 13.7 Å². The van der Waals surface area contributed by atoms with Crippen LogP contribution < -0.4 is 4.74 Å². The number of benzene rings is 1. The van der Waals surface area contributed by atoms with Crippen LogP contribution in [0.4, 0.5) is 0 Å². The Bertz CT molecular complexity index is 1480. The zero-order chi connectivity index (χ0) is 34.2. The fourth-order valence-electron chi connectivity index (χ4n) is 12.1. The molecule has 0 aliphatic heterocycles.